The lowest BCUT2D eigenvalue weighted by Crippen LogP contribution is -2.55. The molecule has 2 aliphatic rings. The first-order valence-electron chi connectivity index (χ1n) is 16.1. The number of thiazole rings is 1. The first-order valence-corrected chi connectivity index (χ1v) is 17.0. The van der Waals surface area contributed by atoms with Crippen molar-refractivity contribution in [3.63, 3.8) is 0 Å². The lowest BCUT2D eigenvalue weighted by atomic mass is 9.83. The van der Waals surface area contributed by atoms with Crippen LogP contribution in [-0.2, 0) is 19.1 Å². The summed E-state index contributed by atoms with van der Waals surface area (Å²) in [5.74, 6) is 0.215. The van der Waals surface area contributed by atoms with Crippen molar-refractivity contribution in [3.8, 4) is 5.75 Å². The van der Waals surface area contributed by atoms with Gasteiger partial charge in [-0.1, -0.05) is 36.5 Å². The molecule has 14 heteroatoms. The number of hydrogen-bond acceptors (Lipinski definition) is 10. The first-order chi connectivity index (χ1) is 22.4. The fourth-order valence-electron chi connectivity index (χ4n) is 5.83. The summed E-state index contributed by atoms with van der Waals surface area (Å²) in [7, 11) is 1.73. The molecule has 250 valence electrons. The number of nitrogens with zero attached hydrogens (tertiary/aromatic N) is 5. The normalized spacial score (nSPS) is 18.0. The van der Waals surface area contributed by atoms with Gasteiger partial charge in [-0.05, 0) is 63.2 Å². The van der Waals surface area contributed by atoms with Gasteiger partial charge in [-0.25, -0.2) is 4.98 Å². The van der Waals surface area contributed by atoms with Crippen LogP contribution in [0.25, 0.3) is 10.4 Å². The van der Waals surface area contributed by atoms with Crippen LogP contribution in [0.3, 0.4) is 0 Å². The number of carbonyl (C=O) groups excluding carboxylic acids is 3. The summed E-state index contributed by atoms with van der Waals surface area (Å²) < 4.78 is 16.5. The number of aromatic nitrogens is 1. The molecule has 2 aromatic rings. The summed E-state index contributed by atoms with van der Waals surface area (Å²) in [5, 5.41) is 11.9. The zero-order valence-corrected chi connectivity index (χ0v) is 27.5. The van der Waals surface area contributed by atoms with Crippen molar-refractivity contribution in [1.29, 1.82) is 0 Å². The van der Waals surface area contributed by atoms with E-state index in [9.17, 15) is 14.4 Å². The number of nitrogens with one attached hydrogen (secondary N) is 2. The zero-order valence-electron chi connectivity index (χ0n) is 26.7. The highest BCUT2D eigenvalue weighted by Crippen LogP contribution is 2.36. The van der Waals surface area contributed by atoms with E-state index >= 15 is 0 Å². The second-order valence-electron chi connectivity index (χ2n) is 11.5. The molecule has 3 atom stereocenters. The van der Waals surface area contributed by atoms with Crippen molar-refractivity contribution in [1.82, 2.24) is 20.5 Å². The Morgan fingerprint density at radius 2 is 1.85 bits per heavy atom. The molecule has 2 amide bonds. The third kappa shape index (κ3) is 9.97. The fourth-order valence-corrected chi connectivity index (χ4v) is 6.78. The maximum absolute atomic E-state index is 14.0. The van der Waals surface area contributed by atoms with E-state index < -0.39 is 12.1 Å². The summed E-state index contributed by atoms with van der Waals surface area (Å²) >= 11 is 1.39. The average Bonchev–Trinajstić information content (AvgIpc) is 3.78. The van der Waals surface area contributed by atoms with Crippen molar-refractivity contribution < 1.29 is 28.6 Å². The topological polar surface area (TPSA) is 168 Å². The Kier molecular flexibility index (Phi) is 14.2. The van der Waals surface area contributed by atoms with Gasteiger partial charge in [0.15, 0.2) is 0 Å². The minimum Gasteiger partial charge on any atom is -0.491 e. The van der Waals surface area contributed by atoms with E-state index in [1.165, 1.54) is 11.3 Å². The minimum atomic E-state index is -0.567. The van der Waals surface area contributed by atoms with Gasteiger partial charge in [0.25, 0.3) is 0 Å². The number of likely N-dealkylation sites (tertiary alicyclic amines) is 1. The number of rotatable bonds is 18. The van der Waals surface area contributed by atoms with Crippen LogP contribution in [0.15, 0.2) is 34.8 Å². The summed E-state index contributed by atoms with van der Waals surface area (Å²) in [5.41, 5.74) is 9.03. The molecule has 2 fully saturated rings. The Hall–Kier alpha value is -3.55. The number of benzene rings is 1. The summed E-state index contributed by atoms with van der Waals surface area (Å²) in [4.78, 5) is 49.5. The molecule has 0 bridgehead atoms. The zero-order chi connectivity index (χ0) is 32.7. The fraction of sp³-hybridized carbons (Fsp3) is 0.625. The highest BCUT2D eigenvalue weighted by atomic mass is 32.1. The highest BCUT2D eigenvalue weighted by Gasteiger charge is 2.40. The monoisotopic (exact) mass is 655 g/mol. The van der Waals surface area contributed by atoms with Crippen molar-refractivity contribution in [2.24, 2.45) is 11.0 Å². The molecule has 2 heterocycles. The van der Waals surface area contributed by atoms with Gasteiger partial charge in [0, 0.05) is 28.9 Å². The molecular weight excluding hydrogens is 610 g/mol. The highest BCUT2D eigenvalue weighted by molar-refractivity contribution is 7.10. The number of ether oxygens (including phenoxy) is 3. The maximum Gasteiger partial charge on any atom is 0.246 e. The Morgan fingerprint density at radius 3 is 2.61 bits per heavy atom. The lowest BCUT2D eigenvalue weighted by molar-refractivity contribution is -0.139. The molecule has 1 aliphatic carbocycles. The summed E-state index contributed by atoms with van der Waals surface area (Å²) in [6.45, 7) is 4.45. The molecule has 1 saturated heterocycles. The third-order valence-electron chi connectivity index (χ3n) is 8.45. The Bertz CT molecular complexity index is 1340. The SMILES string of the molecule is CN[C@@H](C)C(=O)N[C@H](C(=O)N1CCC[C@H]1c1nc(C(=O)c2cccc(OCCOCCOCCN=[N+]=[N-])c2)cs1)C1CCCCC1. The van der Waals surface area contributed by atoms with E-state index in [1.807, 2.05) is 4.90 Å². The van der Waals surface area contributed by atoms with Crippen LogP contribution in [0.2, 0.25) is 0 Å². The second kappa shape index (κ2) is 18.6. The molecule has 2 N–H and O–H groups in total. The third-order valence-corrected chi connectivity index (χ3v) is 9.40. The number of ketones is 1. The van der Waals surface area contributed by atoms with Crippen LogP contribution in [0.5, 0.6) is 5.75 Å². The van der Waals surface area contributed by atoms with Gasteiger partial charge < -0.3 is 29.7 Å². The predicted molar refractivity (Wildman–Crippen MR) is 174 cm³/mol. The quantitative estimate of drug-likeness (QED) is 0.0782. The largest absolute Gasteiger partial charge is 0.491 e. The smallest absolute Gasteiger partial charge is 0.246 e. The molecule has 4 rings (SSSR count). The molecule has 1 saturated carbocycles. The molecule has 0 radical (unpaired) electrons. The average molecular weight is 656 g/mol. The van der Waals surface area contributed by atoms with E-state index in [2.05, 4.69) is 20.7 Å². The maximum atomic E-state index is 14.0. The van der Waals surface area contributed by atoms with Gasteiger partial charge in [-0.15, -0.1) is 11.3 Å². The summed E-state index contributed by atoms with van der Waals surface area (Å²) in [6, 6.07) is 5.77. The molecule has 46 heavy (non-hydrogen) atoms. The van der Waals surface area contributed by atoms with Gasteiger partial charge in [-0.2, -0.15) is 0 Å². The first kappa shape index (κ1) is 35.3. The van der Waals surface area contributed by atoms with Crippen LogP contribution in [0, 0.1) is 5.92 Å². The Morgan fingerprint density at radius 1 is 1.09 bits per heavy atom. The van der Waals surface area contributed by atoms with Crippen LogP contribution in [0.4, 0.5) is 0 Å². The van der Waals surface area contributed by atoms with E-state index in [1.54, 1.807) is 43.6 Å². The molecule has 1 aliphatic heterocycles. The van der Waals surface area contributed by atoms with Crippen molar-refractivity contribution in [2.75, 3.05) is 53.2 Å². The second-order valence-corrected chi connectivity index (χ2v) is 12.4. The van der Waals surface area contributed by atoms with Crippen molar-refractivity contribution >= 4 is 28.9 Å². The van der Waals surface area contributed by atoms with Crippen molar-refractivity contribution in [2.45, 2.75) is 70.0 Å². The van der Waals surface area contributed by atoms with E-state index in [0.29, 0.717) is 56.6 Å². The Balaban J connectivity index is 1.34. The molecule has 0 spiro atoms. The number of likely N-dealkylation sites (N-methyl/N-ethyl adjacent to an activating group) is 1. The minimum absolute atomic E-state index is 0.0548. The number of azide groups is 1. The van der Waals surface area contributed by atoms with E-state index in [4.69, 9.17) is 24.7 Å². The summed E-state index contributed by atoms with van der Waals surface area (Å²) in [6.07, 6.45) is 6.72. The van der Waals surface area contributed by atoms with Gasteiger partial charge in [0.2, 0.25) is 17.6 Å². The van der Waals surface area contributed by atoms with Gasteiger partial charge in [-0.3, -0.25) is 14.4 Å². The molecule has 13 nitrogen and oxygen atoms in total. The number of amides is 2. The predicted octanol–water partition coefficient (Wildman–Crippen LogP) is 4.43. The van der Waals surface area contributed by atoms with Gasteiger partial charge >= 0.3 is 0 Å². The molecule has 1 aromatic heterocycles. The van der Waals surface area contributed by atoms with Crippen LogP contribution < -0.4 is 15.4 Å². The van der Waals surface area contributed by atoms with E-state index in [-0.39, 0.29) is 36.1 Å². The van der Waals surface area contributed by atoms with Crippen molar-refractivity contribution in [3.05, 3.63) is 56.4 Å². The number of hydrogen-bond donors (Lipinski definition) is 2. The van der Waals surface area contributed by atoms with Crippen LogP contribution >= 0.6 is 11.3 Å². The van der Waals surface area contributed by atoms with Gasteiger partial charge in [0.05, 0.1) is 38.5 Å². The lowest BCUT2D eigenvalue weighted by Gasteiger charge is -2.35. The van der Waals surface area contributed by atoms with E-state index in [0.717, 1.165) is 50.0 Å². The number of carbonyl (C=O) groups is 3. The van der Waals surface area contributed by atoms with Crippen LogP contribution in [0.1, 0.15) is 79.0 Å². The molecule has 1 aromatic carbocycles. The molecule has 0 unspecified atom stereocenters. The Labute approximate surface area is 274 Å². The molecular formula is C32H45N7O6S. The van der Waals surface area contributed by atoms with Crippen LogP contribution in [-0.4, -0.2) is 92.7 Å². The standard InChI is InChI=1S/C32H45N7O6S/c1-22(34-2)30(41)37-28(23-8-4-3-5-9-23)32(42)39-14-7-12-27(39)31-36-26(21-46-31)29(40)24-10-6-11-25(20-24)45-19-18-44-17-16-43-15-13-35-38-33/h6,10-11,20-23,27-28,34H,3-5,7-9,12-19H2,1-2H3,(H,37,41)/t22-,27-,28-/m0/s1. The van der Waals surface area contributed by atoms with Gasteiger partial charge in [0.1, 0.15) is 29.1 Å².